The van der Waals surface area contributed by atoms with Crippen molar-refractivity contribution in [1.29, 1.82) is 0 Å². The number of amides is 1. The third-order valence-corrected chi connectivity index (χ3v) is 6.87. The minimum atomic E-state index is -3.40. The second-order valence-corrected chi connectivity index (χ2v) is 9.11. The summed E-state index contributed by atoms with van der Waals surface area (Å²) in [5, 5.41) is 6.28. The van der Waals surface area contributed by atoms with Crippen molar-refractivity contribution < 1.29 is 13.2 Å². The maximum Gasteiger partial charge on any atom is 0.221 e. The van der Waals surface area contributed by atoms with E-state index in [1.54, 1.807) is 12.1 Å². The summed E-state index contributed by atoms with van der Waals surface area (Å²) in [5.74, 6) is 0.0752. The number of hydrogen-bond acceptors (Lipinski definition) is 4. The van der Waals surface area contributed by atoms with Crippen LogP contribution in [0.15, 0.2) is 23.1 Å². The summed E-state index contributed by atoms with van der Waals surface area (Å²) in [5.41, 5.74) is 2.40. The van der Waals surface area contributed by atoms with E-state index in [0.717, 1.165) is 44.3 Å². The smallest absolute Gasteiger partial charge is 0.221 e. The lowest BCUT2D eigenvalue weighted by atomic mass is 9.95. The Morgan fingerprint density at radius 2 is 2.04 bits per heavy atom. The molecule has 25 heavy (non-hydrogen) atoms. The van der Waals surface area contributed by atoms with Crippen molar-refractivity contribution in [2.45, 2.75) is 50.0 Å². The molecule has 0 bridgehead atoms. The summed E-state index contributed by atoms with van der Waals surface area (Å²) in [6, 6.07) is 5.55. The van der Waals surface area contributed by atoms with Gasteiger partial charge in [0.05, 0.1) is 10.6 Å². The Bertz CT molecular complexity index is 721. The number of halogens is 1. The van der Waals surface area contributed by atoms with Gasteiger partial charge in [-0.05, 0) is 68.0 Å². The number of piperidine rings is 1. The van der Waals surface area contributed by atoms with Crippen LogP contribution in [0.25, 0.3) is 0 Å². The average molecular weight is 387 g/mol. The van der Waals surface area contributed by atoms with Crippen molar-refractivity contribution >= 4 is 28.2 Å². The number of sulfone groups is 1. The summed E-state index contributed by atoms with van der Waals surface area (Å²) in [6.45, 7) is 3.87. The van der Waals surface area contributed by atoms with Crippen molar-refractivity contribution in [1.82, 2.24) is 10.6 Å². The molecule has 2 N–H and O–H groups in total. The number of nitrogens with one attached hydrogen (secondary N) is 2. The van der Waals surface area contributed by atoms with Crippen LogP contribution in [0, 0.1) is 5.92 Å². The zero-order chi connectivity index (χ0) is 17.2. The van der Waals surface area contributed by atoms with Gasteiger partial charge in [-0.25, -0.2) is 8.42 Å². The molecule has 1 saturated heterocycles. The van der Waals surface area contributed by atoms with E-state index in [9.17, 15) is 13.2 Å². The normalized spacial score (nSPS) is 22.8. The highest BCUT2D eigenvalue weighted by Crippen LogP contribution is 2.25. The van der Waals surface area contributed by atoms with Crippen molar-refractivity contribution in [2.75, 3.05) is 18.8 Å². The Hall–Kier alpha value is -1.11. The van der Waals surface area contributed by atoms with E-state index in [1.165, 1.54) is 5.56 Å². The number of hydrogen-bond donors (Lipinski definition) is 2. The molecule has 1 aromatic rings. The molecule has 1 aromatic carbocycles. The van der Waals surface area contributed by atoms with Crippen molar-refractivity contribution in [3.63, 3.8) is 0 Å². The van der Waals surface area contributed by atoms with Crippen LogP contribution in [0.3, 0.4) is 0 Å². The molecule has 0 spiro atoms. The fourth-order valence-electron chi connectivity index (χ4n) is 3.59. The fourth-order valence-corrected chi connectivity index (χ4v) is 4.88. The molecular weight excluding hydrogens is 360 g/mol. The van der Waals surface area contributed by atoms with Gasteiger partial charge < -0.3 is 10.6 Å². The number of rotatable bonds is 5. The van der Waals surface area contributed by atoms with Crippen LogP contribution >= 0.6 is 12.4 Å². The minimum absolute atomic E-state index is 0. The summed E-state index contributed by atoms with van der Waals surface area (Å²) >= 11 is 0. The Labute approximate surface area is 156 Å². The second kappa shape index (κ2) is 8.52. The molecule has 1 aliphatic heterocycles. The minimum Gasteiger partial charge on any atom is -0.353 e. The molecule has 1 fully saturated rings. The maximum atomic E-state index is 12.5. The predicted molar refractivity (Wildman–Crippen MR) is 101 cm³/mol. The molecule has 2 unspecified atom stereocenters. The number of aryl methyl sites for hydroxylation is 2. The van der Waals surface area contributed by atoms with E-state index in [4.69, 9.17) is 0 Å². The molecule has 5 nitrogen and oxygen atoms in total. The quantitative estimate of drug-likeness (QED) is 0.810. The highest BCUT2D eigenvalue weighted by atomic mass is 35.5. The Morgan fingerprint density at radius 3 is 2.80 bits per heavy atom. The average Bonchev–Trinajstić information content (AvgIpc) is 3.03. The lowest BCUT2D eigenvalue weighted by Crippen LogP contribution is -2.48. The number of carbonyl (C=O) groups is 1. The molecule has 140 valence electrons. The van der Waals surface area contributed by atoms with Gasteiger partial charge in [-0.1, -0.05) is 13.0 Å². The highest BCUT2D eigenvalue weighted by molar-refractivity contribution is 7.91. The maximum absolute atomic E-state index is 12.5. The predicted octanol–water partition coefficient (Wildman–Crippen LogP) is 1.88. The van der Waals surface area contributed by atoms with E-state index >= 15 is 0 Å². The molecule has 1 aliphatic carbocycles. The number of fused-ring (bicyclic) bond motifs is 1. The third kappa shape index (κ3) is 4.96. The summed E-state index contributed by atoms with van der Waals surface area (Å²) < 4.78 is 25.0. The molecule has 0 aromatic heterocycles. The largest absolute Gasteiger partial charge is 0.353 e. The summed E-state index contributed by atoms with van der Waals surface area (Å²) in [7, 11) is -3.40. The van der Waals surface area contributed by atoms with Gasteiger partial charge in [-0.2, -0.15) is 0 Å². The van der Waals surface area contributed by atoms with E-state index in [2.05, 4.69) is 17.6 Å². The molecular formula is C18H27ClN2O3S. The second-order valence-electron chi connectivity index (χ2n) is 7.00. The molecule has 2 atom stereocenters. The van der Waals surface area contributed by atoms with Crippen LogP contribution in [-0.2, 0) is 27.5 Å². The fraction of sp³-hybridized carbons (Fsp3) is 0.611. The first-order valence-corrected chi connectivity index (χ1v) is 10.5. The van der Waals surface area contributed by atoms with Gasteiger partial charge in [0, 0.05) is 12.5 Å². The molecule has 1 heterocycles. The Morgan fingerprint density at radius 1 is 1.28 bits per heavy atom. The topological polar surface area (TPSA) is 75.3 Å². The highest BCUT2D eigenvalue weighted by Gasteiger charge is 2.24. The first-order chi connectivity index (χ1) is 11.5. The van der Waals surface area contributed by atoms with Gasteiger partial charge >= 0.3 is 0 Å². The van der Waals surface area contributed by atoms with Crippen molar-refractivity contribution in [3.05, 3.63) is 29.3 Å². The first-order valence-electron chi connectivity index (χ1n) is 8.80. The summed E-state index contributed by atoms with van der Waals surface area (Å²) in [6.07, 6.45) is 4.00. The van der Waals surface area contributed by atoms with E-state index in [1.807, 2.05) is 6.07 Å². The van der Waals surface area contributed by atoms with Crippen LogP contribution in [0.5, 0.6) is 0 Å². The Kier molecular flexibility index (Phi) is 6.88. The molecule has 7 heteroatoms. The van der Waals surface area contributed by atoms with Crippen LogP contribution in [0.4, 0.5) is 0 Å². The molecule has 0 saturated carbocycles. The van der Waals surface area contributed by atoms with Gasteiger partial charge in [0.1, 0.15) is 0 Å². The zero-order valence-electron chi connectivity index (χ0n) is 14.6. The van der Waals surface area contributed by atoms with Crippen LogP contribution < -0.4 is 10.6 Å². The third-order valence-electron chi connectivity index (χ3n) is 5.16. The number of carbonyl (C=O) groups excluding carboxylic acids is 1. The van der Waals surface area contributed by atoms with Gasteiger partial charge in [0.25, 0.3) is 0 Å². The molecule has 1 amide bonds. The van der Waals surface area contributed by atoms with Crippen LogP contribution in [0.2, 0.25) is 0 Å². The molecule has 0 radical (unpaired) electrons. The van der Waals surface area contributed by atoms with Gasteiger partial charge in [-0.15, -0.1) is 12.4 Å². The van der Waals surface area contributed by atoms with Gasteiger partial charge in [-0.3, -0.25) is 4.79 Å². The monoisotopic (exact) mass is 386 g/mol. The van der Waals surface area contributed by atoms with E-state index in [-0.39, 0.29) is 36.5 Å². The van der Waals surface area contributed by atoms with E-state index < -0.39 is 9.84 Å². The molecule has 2 aliphatic rings. The summed E-state index contributed by atoms with van der Waals surface area (Å²) in [4.78, 5) is 12.5. The lowest BCUT2D eigenvalue weighted by Gasteiger charge is -2.30. The number of benzene rings is 1. The molecule has 3 rings (SSSR count). The van der Waals surface area contributed by atoms with Gasteiger partial charge in [0.2, 0.25) is 5.91 Å². The van der Waals surface area contributed by atoms with Crippen LogP contribution in [0.1, 0.15) is 37.3 Å². The first kappa shape index (κ1) is 20.2. The Balaban J connectivity index is 0.00000225. The zero-order valence-corrected chi connectivity index (χ0v) is 16.2. The lowest BCUT2D eigenvalue weighted by molar-refractivity contribution is -0.121. The SMILES string of the molecule is CC1CNCCC1NC(=O)CCS(=O)(=O)c1ccc2c(c1)CCC2.Cl. The van der Waals surface area contributed by atoms with Crippen LogP contribution in [-0.4, -0.2) is 39.2 Å². The van der Waals surface area contributed by atoms with Crippen molar-refractivity contribution in [2.24, 2.45) is 5.92 Å². The van der Waals surface area contributed by atoms with E-state index in [0.29, 0.717) is 10.8 Å². The van der Waals surface area contributed by atoms with Gasteiger partial charge in [0.15, 0.2) is 9.84 Å². The standard InChI is InChI=1S/C18H26N2O3S.ClH/c1-13-12-19-9-7-17(13)20-18(21)8-10-24(22,23)16-6-5-14-3-2-4-15(14)11-16;/h5-6,11,13,17,19H,2-4,7-10,12H2,1H3,(H,20,21);1H. The van der Waals surface area contributed by atoms with Crippen molar-refractivity contribution in [3.8, 4) is 0 Å².